The van der Waals surface area contributed by atoms with Crippen molar-refractivity contribution in [3.05, 3.63) is 65.0 Å². The van der Waals surface area contributed by atoms with Gasteiger partial charge in [-0.2, -0.15) is 13.2 Å². The number of amides is 1. The van der Waals surface area contributed by atoms with Gasteiger partial charge in [-0.25, -0.2) is 8.70 Å². The van der Waals surface area contributed by atoms with Crippen LogP contribution in [0.25, 0.3) is 0 Å². The van der Waals surface area contributed by atoms with Crippen LogP contribution in [-0.2, 0) is 22.5 Å². The number of carbonyl (C=O) groups is 1. The summed E-state index contributed by atoms with van der Waals surface area (Å²) in [4.78, 5) is 15.5. The first-order chi connectivity index (χ1) is 16.3. The fourth-order valence-corrected chi connectivity index (χ4v) is 5.65. The number of hydrogen-bond donors (Lipinski definition) is 0. The van der Waals surface area contributed by atoms with Crippen LogP contribution >= 0.6 is 11.9 Å². The number of benzene rings is 2. The number of halogens is 4. The summed E-state index contributed by atoms with van der Waals surface area (Å²) in [6.07, 6.45) is -2.34. The van der Waals surface area contributed by atoms with Crippen LogP contribution in [0, 0.1) is 11.7 Å². The normalized spacial score (nSPS) is 18.1. The Kier molecular flexibility index (Phi) is 7.84. The highest BCUT2D eigenvalue weighted by Crippen LogP contribution is 2.43. The molecule has 1 amide bonds. The Hall–Kier alpha value is -2.10. The molecule has 0 N–H and O–H groups in total. The van der Waals surface area contributed by atoms with Gasteiger partial charge in [-0.1, -0.05) is 25.1 Å². The lowest BCUT2D eigenvalue weighted by Gasteiger charge is -2.34. The molecule has 34 heavy (non-hydrogen) atoms. The van der Waals surface area contributed by atoms with E-state index in [4.69, 9.17) is 4.74 Å². The van der Waals surface area contributed by atoms with Gasteiger partial charge in [-0.15, -0.1) is 0 Å². The van der Waals surface area contributed by atoms with Gasteiger partial charge in [-0.3, -0.25) is 4.79 Å². The minimum Gasteiger partial charge on any atom is -0.381 e. The number of fused-ring (bicyclic) bond motifs is 1. The summed E-state index contributed by atoms with van der Waals surface area (Å²) in [6.45, 7) is 4.12. The molecular weight excluding hydrogens is 468 g/mol. The van der Waals surface area contributed by atoms with Gasteiger partial charge < -0.3 is 9.64 Å². The zero-order valence-corrected chi connectivity index (χ0v) is 19.8. The van der Waals surface area contributed by atoms with Crippen LogP contribution in [0.1, 0.15) is 42.5 Å². The second-order valence-electron chi connectivity index (χ2n) is 8.65. The molecule has 0 spiro atoms. The lowest BCUT2D eigenvalue weighted by Crippen LogP contribution is -2.41. The number of ether oxygens (including phenoxy) is 1. The first kappa shape index (κ1) is 25.0. The first-order valence-electron chi connectivity index (χ1n) is 11.5. The number of carbonyl (C=O) groups excluding carboxylic acids is 1. The van der Waals surface area contributed by atoms with E-state index < -0.39 is 18.0 Å². The highest BCUT2D eigenvalue weighted by atomic mass is 32.2. The SMILES string of the molecule is CCN(Sc1ccc2c(c1)CN(C(=O)C1CCOCC1)CC2)C(c1ccc(F)cc1)C(F)(F)F. The average Bonchev–Trinajstić information content (AvgIpc) is 2.83. The van der Waals surface area contributed by atoms with E-state index in [1.54, 1.807) is 6.92 Å². The van der Waals surface area contributed by atoms with Crippen molar-refractivity contribution in [3.8, 4) is 0 Å². The van der Waals surface area contributed by atoms with Crippen LogP contribution in [0.3, 0.4) is 0 Å². The van der Waals surface area contributed by atoms with Gasteiger partial charge in [0.15, 0.2) is 0 Å². The average molecular weight is 497 g/mol. The van der Waals surface area contributed by atoms with Crippen LogP contribution in [0.2, 0.25) is 0 Å². The van der Waals surface area contributed by atoms with Crippen LogP contribution in [-0.4, -0.2) is 47.6 Å². The Labute approximate surface area is 201 Å². The number of nitrogens with zero attached hydrogens (tertiary/aromatic N) is 2. The van der Waals surface area contributed by atoms with Crippen molar-refractivity contribution in [3.63, 3.8) is 0 Å². The van der Waals surface area contributed by atoms with Gasteiger partial charge in [-0.05, 0) is 72.2 Å². The molecule has 2 aromatic carbocycles. The topological polar surface area (TPSA) is 32.8 Å². The molecule has 4 rings (SSSR count). The summed E-state index contributed by atoms with van der Waals surface area (Å²) < 4.78 is 62.0. The number of rotatable bonds is 6. The third kappa shape index (κ3) is 5.75. The third-order valence-electron chi connectivity index (χ3n) is 6.39. The maximum absolute atomic E-state index is 14.0. The Morgan fingerprint density at radius 1 is 1.15 bits per heavy atom. The summed E-state index contributed by atoms with van der Waals surface area (Å²) in [5, 5.41) is 0. The van der Waals surface area contributed by atoms with Gasteiger partial charge in [0.05, 0.1) is 0 Å². The quantitative estimate of drug-likeness (QED) is 0.376. The second-order valence-corrected chi connectivity index (χ2v) is 9.77. The number of alkyl halides is 3. The van der Waals surface area contributed by atoms with Crippen LogP contribution in [0.5, 0.6) is 0 Å². The van der Waals surface area contributed by atoms with Crippen LogP contribution in [0.15, 0.2) is 47.4 Å². The Balaban J connectivity index is 1.52. The second kappa shape index (κ2) is 10.7. The van der Waals surface area contributed by atoms with Gasteiger partial charge in [0.2, 0.25) is 5.91 Å². The first-order valence-corrected chi connectivity index (χ1v) is 12.3. The highest BCUT2D eigenvalue weighted by molar-refractivity contribution is 7.97. The molecule has 4 nitrogen and oxygen atoms in total. The summed E-state index contributed by atoms with van der Waals surface area (Å²) in [5.74, 6) is -0.461. The predicted octanol–water partition coefficient (Wildman–Crippen LogP) is 5.77. The van der Waals surface area contributed by atoms with Crippen molar-refractivity contribution in [2.24, 2.45) is 5.92 Å². The van der Waals surface area contributed by atoms with Crippen molar-refractivity contribution in [1.29, 1.82) is 0 Å². The minimum absolute atomic E-state index is 0.00515. The highest BCUT2D eigenvalue weighted by Gasteiger charge is 2.45. The molecule has 0 bridgehead atoms. The predicted molar refractivity (Wildman–Crippen MR) is 123 cm³/mol. The van der Waals surface area contributed by atoms with Gasteiger partial charge >= 0.3 is 6.18 Å². The molecule has 1 saturated heterocycles. The minimum atomic E-state index is -4.53. The molecule has 0 saturated carbocycles. The van der Waals surface area contributed by atoms with Crippen molar-refractivity contribution in [1.82, 2.24) is 9.21 Å². The Bertz CT molecular complexity index is 993. The van der Waals surface area contributed by atoms with E-state index in [-0.39, 0.29) is 23.9 Å². The maximum atomic E-state index is 14.0. The molecule has 0 radical (unpaired) electrons. The summed E-state index contributed by atoms with van der Waals surface area (Å²) in [7, 11) is 0. The van der Waals surface area contributed by atoms with E-state index in [9.17, 15) is 22.4 Å². The van der Waals surface area contributed by atoms with Crippen molar-refractivity contribution in [2.45, 2.75) is 49.8 Å². The van der Waals surface area contributed by atoms with E-state index in [2.05, 4.69) is 0 Å². The third-order valence-corrected chi connectivity index (χ3v) is 7.56. The molecule has 2 aliphatic rings. The molecule has 0 aliphatic carbocycles. The number of hydrogen-bond acceptors (Lipinski definition) is 4. The molecule has 9 heteroatoms. The Morgan fingerprint density at radius 2 is 1.85 bits per heavy atom. The molecule has 0 aromatic heterocycles. The fourth-order valence-electron chi connectivity index (χ4n) is 4.58. The molecule has 1 atom stereocenters. The summed E-state index contributed by atoms with van der Waals surface area (Å²) in [5.41, 5.74) is 2.09. The van der Waals surface area contributed by atoms with Crippen LogP contribution in [0.4, 0.5) is 17.6 Å². The van der Waals surface area contributed by atoms with E-state index in [1.165, 1.54) is 16.4 Å². The zero-order valence-electron chi connectivity index (χ0n) is 19.0. The van der Waals surface area contributed by atoms with Gasteiger partial charge in [0, 0.05) is 43.7 Å². The van der Waals surface area contributed by atoms with Gasteiger partial charge in [0.25, 0.3) is 0 Å². The van der Waals surface area contributed by atoms with Gasteiger partial charge in [0.1, 0.15) is 11.9 Å². The molecule has 2 heterocycles. The largest absolute Gasteiger partial charge is 0.408 e. The van der Waals surface area contributed by atoms with E-state index >= 15 is 0 Å². The Morgan fingerprint density at radius 3 is 2.50 bits per heavy atom. The zero-order chi connectivity index (χ0) is 24.3. The van der Waals surface area contributed by atoms with E-state index in [0.29, 0.717) is 31.2 Å². The van der Waals surface area contributed by atoms with Crippen molar-refractivity contribution >= 4 is 17.9 Å². The monoisotopic (exact) mass is 496 g/mol. The van der Waals surface area contributed by atoms with Crippen molar-refractivity contribution < 1.29 is 27.1 Å². The molecule has 2 aliphatic heterocycles. The van der Waals surface area contributed by atoms with Crippen LogP contribution < -0.4 is 0 Å². The molecule has 1 unspecified atom stereocenters. The van der Waals surface area contributed by atoms with Crippen molar-refractivity contribution in [2.75, 3.05) is 26.3 Å². The molecule has 2 aromatic rings. The molecule has 1 fully saturated rings. The summed E-state index contributed by atoms with van der Waals surface area (Å²) in [6, 6.07) is 8.27. The smallest absolute Gasteiger partial charge is 0.381 e. The maximum Gasteiger partial charge on any atom is 0.408 e. The fraction of sp³-hybridized carbons (Fsp3) is 0.480. The standard InChI is InChI=1S/C25H28F4N2O2S/c1-2-31(23(25(27,28)29)18-3-6-21(26)7-4-18)34-22-8-5-17-9-12-30(16-20(17)15-22)24(32)19-10-13-33-14-11-19/h3-8,15,19,23H,2,9-14,16H2,1H3. The molecular formula is C25H28F4N2O2S. The summed E-state index contributed by atoms with van der Waals surface area (Å²) >= 11 is 1.03. The van der Waals surface area contributed by atoms with E-state index in [1.807, 2.05) is 23.1 Å². The molecule has 184 valence electrons. The lowest BCUT2D eigenvalue weighted by molar-refractivity contribution is -0.172. The van der Waals surface area contributed by atoms with E-state index in [0.717, 1.165) is 54.5 Å². The lowest BCUT2D eigenvalue weighted by atomic mass is 9.95.